The number of nitrogens with zero attached hydrogens (tertiary/aromatic N) is 3. The van der Waals surface area contributed by atoms with Gasteiger partial charge in [-0.15, -0.1) is 0 Å². The van der Waals surface area contributed by atoms with Crippen LogP contribution in [0.5, 0.6) is 0 Å². The first-order chi connectivity index (χ1) is 9.02. The molecule has 0 aliphatic carbocycles. The highest BCUT2D eigenvalue weighted by molar-refractivity contribution is 5.87. The van der Waals surface area contributed by atoms with Gasteiger partial charge in [0.25, 0.3) is 5.56 Å². The third-order valence-corrected chi connectivity index (χ3v) is 2.97. The van der Waals surface area contributed by atoms with Crippen LogP contribution in [0.4, 0.5) is 0 Å². The molecule has 0 aliphatic heterocycles. The molecule has 0 saturated heterocycles. The summed E-state index contributed by atoms with van der Waals surface area (Å²) < 4.78 is 3.21. The molecule has 0 radical (unpaired) electrons. The number of hydrogen-bond acceptors (Lipinski definition) is 3. The number of aromatic carboxylic acids is 1. The normalized spacial score (nSPS) is 10.6. The van der Waals surface area contributed by atoms with E-state index in [-0.39, 0.29) is 5.56 Å². The van der Waals surface area contributed by atoms with Crippen LogP contribution in [0, 0.1) is 6.92 Å². The van der Waals surface area contributed by atoms with Crippen LogP contribution in [0.3, 0.4) is 0 Å². The summed E-state index contributed by atoms with van der Waals surface area (Å²) in [5.41, 5.74) is 0.888. The number of carboxylic acids is 1. The minimum atomic E-state index is -1.21. The Morgan fingerprint density at radius 3 is 2.74 bits per heavy atom. The average Bonchev–Trinajstić information content (AvgIpc) is 2.81. The summed E-state index contributed by atoms with van der Waals surface area (Å²) in [5.74, 6) is -1.21. The number of aryl methyl sites for hydroxylation is 2. The number of pyridine rings is 1. The van der Waals surface area contributed by atoms with Gasteiger partial charge in [-0.2, -0.15) is 5.10 Å². The maximum atomic E-state index is 12.1. The standard InChI is InChI=1S/C13H15N3O3/c1-3-15-7-10(6-14-15)8-16-9(2)4-5-11(12(16)17)13(18)19/h4-7H,3,8H2,1-2H3,(H,18,19). The van der Waals surface area contributed by atoms with E-state index in [4.69, 9.17) is 5.11 Å². The Balaban J connectivity index is 2.42. The van der Waals surface area contributed by atoms with Crippen molar-refractivity contribution in [3.8, 4) is 0 Å². The first-order valence-corrected chi connectivity index (χ1v) is 5.98. The molecule has 0 saturated carbocycles. The van der Waals surface area contributed by atoms with Crippen molar-refractivity contribution < 1.29 is 9.90 Å². The largest absolute Gasteiger partial charge is 0.477 e. The van der Waals surface area contributed by atoms with Gasteiger partial charge < -0.3 is 9.67 Å². The summed E-state index contributed by atoms with van der Waals surface area (Å²) >= 11 is 0. The molecule has 1 N–H and O–H groups in total. The maximum absolute atomic E-state index is 12.1. The molecule has 0 fully saturated rings. The van der Waals surface area contributed by atoms with Crippen molar-refractivity contribution in [2.75, 3.05) is 0 Å². The van der Waals surface area contributed by atoms with E-state index in [9.17, 15) is 9.59 Å². The second kappa shape index (κ2) is 5.09. The second-order valence-corrected chi connectivity index (χ2v) is 4.29. The molecule has 2 aromatic heterocycles. The quantitative estimate of drug-likeness (QED) is 0.894. The molecule has 0 amide bonds. The van der Waals surface area contributed by atoms with Gasteiger partial charge in [-0.1, -0.05) is 0 Å². The molecule has 2 rings (SSSR count). The lowest BCUT2D eigenvalue weighted by molar-refractivity contribution is 0.0694. The van der Waals surface area contributed by atoms with Crippen LogP contribution >= 0.6 is 0 Å². The Hall–Kier alpha value is -2.37. The molecule has 0 spiro atoms. The number of rotatable bonds is 4. The van der Waals surface area contributed by atoms with Crippen molar-refractivity contribution in [2.45, 2.75) is 26.9 Å². The summed E-state index contributed by atoms with van der Waals surface area (Å²) in [4.78, 5) is 23.0. The average molecular weight is 261 g/mol. The molecule has 0 aromatic carbocycles. The van der Waals surface area contributed by atoms with E-state index in [1.165, 1.54) is 10.6 Å². The Morgan fingerprint density at radius 1 is 1.42 bits per heavy atom. The van der Waals surface area contributed by atoms with Gasteiger partial charge in [0.05, 0.1) is 12.7 Å². The maximum Gasteiger partial charge on any atom is 0.341 e. The summed E-state index contributed by atoms with van der Waals surface area (Å²) in [6, 6.07) is 2.97. The minimum Gasteiger partial charge on any atom is -0.477 e. The third-order valence-electron chi connectivity index (χ3n) is 2.97. The van der Waals surface area contributed by atoms with E-state index < -0.39 is 11.5 Å². The highest BCUT2D eigenvalue weighted by Gasteiger charge is 2.13. The number of carbonyl (C=O) groups is 1. The lowest BCUT2D eigenvalue weighted by Crippen LogP contribution is -2.28. The molecule has 100 valence electrons. The van der Waals surface area contributed by atoms with Crippen LogP contribution in [0.2, 0.25) is 0 Å². The summed E-state index contributed by atoms with van der Waals surface area (Å²) in [5, 5.41) is 13.1. The van der Waals surface area contributed by atoms with Gasteiger partial charge in [0, 0.05) is 24.0 Å². The number of hydrogen-bond donors (Lipinski definition) is 1. The third kappa shape index (κ3) is 2.57. The van der Waals surface area contributed by atoms with Crippen LogP contribution in [0.1, 0.15) is 28.5 Å². The number of aromatic nitrogens is 3. The minimum absolute atomic E-state index is 0.214. The highest BCUT2D eigenvalue weighted by Crippen LogP contribution is 2.04. The van der Waals surface area contributed by atoms with Crippen LogP contribution in [0.15, 0.2) is 29.3 Å². The molecule has 2 heterocycles. The molecule has 0 atom stereocenters. The van der Waals surface area contributed by atoms with Gasteiger partial charge in [-0.25, -0.2) is 4.79 Å². The predicted molar refractivity (Wildman–Crippen MR) is 69.4 cm³/mol. The van der Waals surface area contributed by atoms with Crippen LogP contribution < -0.4 is 5.56 Å². The fourth-order valence-electron chi connectivity index (χ4n) is 1.87. The molecule has 6 nitrogen and oxygen atoms in total. The fraction of sp³-hybridized carbons (Fsp3) is 0.308. The molecule has 0 aliphatic rings. The lowest BCUT2D eigenvalue weighted by Gasteiger charge is -2.09. The first-order valence-electron chi connectivity index (χ1n) is 5.98. The molecule has 2 aromatic rings. The molecular formula is C13H15N3O3. The Kier molecular flexibility index (Phi) is 3.50. The van der Waals surface area contributed by atoms with Crippen LogP contribution in [0.25, 0.3) is 0 Å². The monoisotopic (exact) mass is 261 g/mol. The zero-order chi connectivity index (χ0) is 14.0. The Bertz CT molecular complexity index is 670. The van der Waals surface area contributed by atoms with Gasteiger partial charge in [0.2, 0.25) is 0 Å². The SMILES string of the molecule is CCn1cc(Cn2c(C)ccc(C(=O)O)c2=O)cn1. The van der Waals surface area contributed by atoms with Crippen molar-refractivity contribution >= 4 is 5.97 Å². The van der Waals surface area contributed by atoms with Gasteiger partial charge in [-0.05, 0) is 26.0 Å². The van der Waals surface area contributed by atoms with Gasteiger partial charge in [0.15, 0.2) is 0 Å². The van der Waals surface area contributed by atoms with Crippen molar-refractivity contribution in [2.24, 2.45) is 0 Å². The highest BCUT2D eigenvalue weighted by atomic mass is 16.4. The van der Waals surface area contributed by atoms with E-state index >= 15 is 0 Å². The number of carboxylic acid groups (broad SMARTS) is 1. The van der Waals surface area contributed by atoms with E-state index in [1.807, 2.05) is 13.1 Å². The summed E-state index contributed by atoms with van der Waals surface area (Å²) in [6.45, 7) is 4.82. The summed E-state index contributed by atoms with van der Waals surface area (Å²) in [7, 11) is 0. The van der Waals surface area contributed by atoms with Crippen molar-refractivity contribution in [3.05, 3.63) is 51.7 Å². The zero-order valence-electron chi connectivity index (χ0n) is 10.8. The smallest absolute Gasteiger partial charge is 0.341 e. The first kappa shape index (κ1) is 13.1. The second-order valence-electron chi connectivity index (χ2n) is 4.29. The molecule has 0 unspecified atom stereocenters. The van der Waals surface area contributed by atoms with Gasteiger partial charge in [-0.3, -0.25) is 9.48 Å². The van der Waals surface area contributed by atoms with Gasteiger partial charge >= 0.3 is 5.97 Å². The Morgan fingerprint density at radius 2 is 2.16 bits per heavy atom. The fourth-order valence-corrected chi connectivity index (χ4v) is 1.87. The summed E-state index contributed by atoms with van der Waals surface area (Å²) in [6.07, 6.45) is 3.53. The van der Waals surface area contributed by atoms with E-state index in [1.54, 1.807) is 23.9 Å². The van der Waals surface area contributed by atoms with Crippen LogP contribution in [-0.2, 0) is 13.1 Å². The van der Waals surface area contributed by atoms with Crippen molar-refractivity contribution in [3.63, 3.8) is 0 Å². The topological polar surface area (TPSA) is 77.1 Å². The van der Waals surface area contributed by atoms with Crippen molar-refractivity contribution in [1.82, 2.24) is 14.3 Å². The molecule has 19 heavy (non-hydrogen) atoms. The predicted octanol–water partition coefficient (Wildman–Crippen LogP) is 1.12. The van der Waals surface area contributed by atoms with Crippen molar-refractivity contribution in [1.29, 1.82) is 0 Å². The van der Waals surface area contributed by atoms with E-state index in [0.717, 1.165) is 17.8 Å². The lowest BCUT2D eigenvalue weighted by atomic mass is 10.2. The molecular weight excluding hydrogens is 246 g/mol. The zero-order valence-corrected chi connectivity index (χ0v) is 10.8. The van der Waals surface area contributed by atoms with E-state index in [2.05, 4.69) is 5.10 Å². The molecule has 6 heteroatoms. The Labute approximate surface area is 109 Å². The molecule has 0 bridgehead atoms. The van der Waals surface area contributed by atoms with Gasteiger partial charge in [0.1, 0.15) is 5.56 Å². The van der Waals surface area contributed by atoms with E-state index in [0.29, 0.717) is 6.54 Å². The van der Waals surface area contributed by atoms with Crippen LogP contribution in [-0.4, -0.2) is 25.4 Å².